The van der Waals surface area contributed by atoms with Crippen LogP contribution in [-0.4, -0.2) is 62.4 Å². The topological polar surface area (TPSA) is 66.9 Å². The molecule has 9 heteroatoms. The van der Waals surface area contributed by atoms with Crippen LogP contribution in [0.15, 0.2) is 23.1 Å². The van der Waals surface area contributed by atoms with Gasteiger partial charge in [0.15, 0.2) is 11.6 Å². The van der Waals surface area contributed by atoms with E-state index >= 15 is 0 Å². The number of fused-ring (bicyclic) bond motifs is 1. The molecule has 2 fully saturated rings. The van der Waals surface area contributed by atoms with E-state index in [1.807, 2.05) is 0 Å². The van der Waals surface area contributed by atoms with Crippen LogP contribution in [0.25, 0.3) is 0 Å². The number of amides is 1. The number of carbonyl (C=O) groups is 1. The first-order valence-electron chi connectivity index (χ1n) is 7.13. The maximum Gasteiger partial charge on any atom is 0.243 e. The van der Waals surface area contributed by atoms with Gasteiger partial charge in [0.2, 0.25) is 15.9 Å². The van der Waals surface area contributed by atoms with Crippen molar-refractivity contribution in [1.29, 1.82) is 0 Å². The van der Waals surface area contributed by atoms with Gasteiger partial charge in [-0.1, -0.05) is 0 Å². The maximum atomic E-state index is 13.3. The van der Waals surface area contributed by atoms with E-state index in [9.17, 15) is 22.0 Å². The number of benzene rings is 1. The van der Waals surface area contributed by atoms with Crippen molar-refractivity contribution in [3.63, 3.8) is 0 Å². The molecule has 0 saturated carbocycles. The van der Waals surface area contributed by atoms with Gasteiger partial charge in [-0.25, -0.2) is 17.2 Å². The maximum absolute atomic E-state index is 13.3. The Morgan fingerprint density at radius 3 is 2.65 bits per heavy atom. The van der Waals surface area contributed by atoms with E-state index in [0.717, 1.165) is 16.4 Å². The Balaban J connectivity index is 1.87. The number of hydrogen-bond donors (Lipinski definition) is 0. The van der Waals surface area contributed by atoms with E-state index in [-0.39, 0.29) is 43.0 Å². The van der Waals surface area contributed by atoms with Crippen LogP contribution in [-0.2, 0) is 19.6 Å². The number of carbonyl (C=O) groups excluding carboxylic acids is 1. The Morgan fingerprint density at radius 1 is 1.22 bits per heavy atom. The van der Waals surface area contributed by atoms with Crippen molar-refractivity contribution in [3.05, 3.63) is 29.8 Å². The minimum Gasteiger partial charge on any atom is -0.374 e. The van der Waals surface area contributed by atoms with Gasteiger partial charge in [0, 0.05) is 20.1 Å². The van der Waals surface area contributed by atoms with Gasteiger partial charge >= 0.3 is 0 Å². The molecule has 0 bridgehead atoms. The number of rotatable bonds is 2. The molecule has 0 N–H and O–H groups in total. The summed E-state index contributed by atoms with van der Waals surface area (Å²) in [5.41, 5.74) is 0. The first-order chi connectivity index (χ1) is 10.8. The highest BCUT2D eigenvalue weighted by molar-refractivity contribution is 7.89. The van der Waals surface area contributed by atoms with Crippen LogP contribution in [0.3, 0.4) is 0 Å². The molecule has 2 aliphatic heterocycles. The van der Waals surface area contributed by atoms with Crippen LogP contribution >= 0.6 is 0 Å². The standard InChI is InChI=1S/C14H16F2N2O4S/c1-17-12-7-18(8-13(12)22-5-4-14(17)19)23(20,21)9-2-3-10(15)11(16)6-9/h2-3,6,12-13H,4-5,7-8H2,1H3/t12-,13-/m0/s1. The normalized spacial score (nSPS) is 26.2. The molecular formula is C14H16F2N2O4S. The number of sulfonamides is 1. The van der Waals surface area contributed by atoms with Gasteiger partial charge in [0.25, 0.3) is 0 Å². The number of likely N-dealkylation sites (N-methyl/N-ethyl adjacent to an activating group) is 1. The molecule has 0 aliphatic carbocycles. The quantitative estimate of drug-likeness (QED) is 0.786. The van der Waals surface area contributed by atoms with Crippen molar-refractivity contribution in [2.45, 2.75) is 23.5 Å². The molecule has 0 aromatic heterocycles. The van der Waals surface area contributed by atoms with E-state index in [0.29, 0.717) is 6.07 Å². The summed E-state index contributed by atoms with van der Waals surface area (Å²) in [7, 11) is -2.37. The first kappa shape index (κ1) is 16.3. The lowest BCUT2D eigenvalue weighted by Crippen LogP contribution is -2.43. The van der Waals surface area contributed by atoms with E-state index in [2.05, 4.69) is 0 Å². The van der Waals surface area contributed by atoms with Crippen molar-refractivity contribution in [2.75, 3.05) is 26.7 Å². The summed E-state index contributed by atoms with van der Waals surface area (Å²) in [6, 6.07) is 2.08. The smallest absolute Gasteiger partial charge is 0.243 e. The molecule has 2 heterocycles. The zero-order valence-corrected chi connectivity index (χ0v) is 13.2. The van der Waals surface area contributed by atoms with Crippen LogP contribution < -0.4 is 0 Å². The first-order valence-corrected chi connectivity index (χ1v) is 8.57. The SMILES string of the molecule is CN1C(=O)CCO[C@H]2CN(S(=O)(=O)c3ccc(F)c(F)c3)C[C@@H]21. The van der Waals surface area contributed by atoms with E-state index in [1.165, 1.54) is 4.90 Å². The lowest BCUT2D eigenvalue weighted by atomic mass is 10.2. The van der Waals surface area contributed by atoms with Gasteiger partial charge in [-0.15, -0.1) is 0 Å². The fourth-order valence-electron chi connectivity index (χ4n) is 2.90. The average Bonchev–Trinajstić information content (AvgIpc) is 2.88. The average molecular weight is 346 g/mol. The molecule has 1 aromatic carbocycles. The summed E-state index contributed by atoms with van der Waals surface area (Å²) in [5, 5.41) is 0. The number of hydrogen-bond acceptors (Lipinski definition) is 4. The Morgan fingerprint density at radius 2 is 1.96 bits per heavy atom. The van der Waals surface area contributed by atoms with Gasteiger partial charge in [-0.2, -0.15) is 4.31 Å². The van der Waals surface area contributed by atoms with Crippen LogP contribution in [0.4, 0.5) is 8.78 Å². The number of ether oxygens (including phenoxy) is 1. The van der Waals surface area contributed by atoms with Crippen LogP contribution in [0.2, 0.25) is 0 Å². The van der Waals surface area contributed by atoms with Crippen LogP contribution in [0.1, 0.15) is 6.42 Å². The highest BCUT2D eigenvalue weighted by atomic mass is 32.2. The highest BCUT2D eigenvalue weighted by Crippen LogP contribution is 2.27. The van der Waals surface area contributed by atoms with Crippen molar-refractivity contribution < 1.29 is 26.7 Å². The predicted molar refractivity (Wildman–Crippen MR) is 76.0 cm³/mol. The molecule has 1 aromatic rings. The third kappa shape index (κ3) is 2.84. The molecule has 23 heavy (non-hydrogen) atoms. The monoisotopic (exact) mass is 346 g/mol. The number of nitrogens with zero attached hydrogens (tertiary/aromatic N) is 2. The van der Waals surface area contributed by atoms with Crippen LogP contribution in [0.5, 0.6) is 0 Å². The molecule has 6 nitrogen and oxygen atoms in total. The molecule has 0 spiro atoms. The minimum absolute atomic E-state index is 0.0637. The zero-order valence-electron chi connectivity index (χ0n) is 12.4. The second kappa shape index (κ2) is 5.81. The third-order valence-electron chi connectivity index (χ3n) is 4.27. The second-order valence-corrected chi connectivity index (χ2v) is 7.57. The van der Waals surface area contributed by atoms with Crippen molar-refractivity contribution in [1.82, 2.24) is 9.21 Å². The fourth-order valence-corrected chi connectivity index (χ4v) is 4.38. The molecule has 1 amide bonds. The second-order valence-electron chi connectivity index (χ2n) is 5.63. The molecule has 2 atom stereocenters. The Hall–Kier alpha value is -1.58. The van der Waals surface area contributed by atoms with Gasteiger partial charge in [0.05, 0.1) is 30.1 Å². The van der Waals surface area contributed by atoms with Crippen LogP contribution in [0, 0.1) is 11.6 Å². The Bertz CT molecular complexity index is 740. The van der Waals surface area contributed by atoms with Gasteiger partial charge in [0.1, 0.15) is 0 Å². The molecule has 3 rings (SSSR count). The lowest BCUT2D eigenvalue weighted by Gasteiger charge is -2.25. The van der Waals surface area contributed by atoms with Crippen molar-refractivity contribution in [2.24, 2.45) is 0 Å². The number of halogens is 2. The Kier molecular flexibility index (Phi) is 4.11. The van der Waals surface area contributed by atoms with E-state index < -0.39 is 27.8 Å². The third-order valence-corrected chi connectivity index (χ3v) is 6.10. The molecular weight excluding hydrogens is 330 g/mol. The molecule has 0 radical (unpaired) electrons. The van der Waals surface area contributed by atoms with Crippen molar-refractivity contribution in [3.8, 4) is 0 Å². The summed E-state index contributed by atoms with van der Waals surface area (Å²) >= 11 is 0. The van der Waals surface area contributed by atoms with Gasteiger partial charge < -0.3 is 9.64 Å². The van der Waals surface area contributed by atoms with Crippen molar-refractivity contribution >= 4 is 15.9 Å². The summed E-state index contributed by atoms with van der Waals surface area (Å²) in [6.45, 7) is 0.376. The summed E-state index contributed by atoms with van der Waals surface area (Å²) < 4.78 is 58.2. The zero-order chi connectivity index (χ0) is 16.8. The summed E-state index contributed by atoms with van der Waals surface area (Å²) in [5.74, 6) is -2.43. The molecule has 126 valence electrons. The molecule has 2 saturated heterocycles. The highest BCUT2D eigenvalue weighted by Gasteiger charge is 2.44. The molecule has 0 unspecified atom stereocenters. The van der Waals surface area contributed by atoms with Gasteiger partial charge in [-0.3, -0.25) is 4.79 Å². The summed E-state index contributed by atoms with van der Waals surface area (Å²) in [6.07, 6.45) is -0.161. The van der Waals surface area contributed by atoms with E-state index in [4.69, 9.17) is 4.74 Å². The predicted octanol–water partition coefficient (Wildman–Crippen LogP) is 0.585. The lowest BCUT2D eigenvalue weighted by molar-refractivity contribution is -0.130. The largest absolute Gasteiger partial charge is 0.374 e. The fraction of sp³-hybridized carbons (Fsp3) is 0.500. The molecule has 2 aliphatic rings. The Labute approximate surface area is 132 Å². The van der Waals surface area contributed by atoms with E-state index in [1.54, 1.807) is 7.05 Å². The van der Waals surface area contributed by atoms with Gasteiger partial charge in [-0.05, 0) is 18.2 Å². The minimum atomic E-state index is -3.98. The summed E-state index contributed by atoms with van der Waals surface area (Å²) in [4.78, 5) is 13.0.